The quantitative estimate of drug-likeness (QED) is 0.582. The maximum Gasteiger partial charge on any atom is 0.421 e. The van der Waals surface area contributed by atoms with Crippen LogP contribution in [0, 0.1) is 5.82 Å². The molecule has 8 heteroatoms. The number of alkyl halides is 6. The molecule has 16 heavy (non-hydrogen) atoms. The highest BCUT2D eigenvalue weighted by Crippen LogP contribution is 2.35. The van der Waals surface area contributed by atoms with E-state index >= 15 is 0 Å². The molecule has 0 fully saturated rings. The topological polar surface area (TPSA) is 12.9 Å². The van der Waals surface area contributed by atoms with Gasteiger partial charge in [-0.1, -0.05) is 0 Å². The Bertz CT molecular complexity index is 389. The lowest BCUT2D eigenvalue weighted by molar-refractivity contribution is -0.140. The van der Waals surface area contributed by atoms with E-state index in [-0.39, 0.29) is 6.07 Å². The Labute approximate surface area is 91.0 Å². The van der Waals surface area contributed by atoms with Crippen LogP contribution < -0.4 is 0 Å². The summed E-state index contributed by atoms with van der Waals surface area (Å²) in [5, 5.41) is 0. The number of pyridine rings is 1. The highest BCUT2D eigenvalue weighted by molar-refractivity contribution is 6.17. The second-order valence-corrected chi connectivity index (χ2v) is 3.05. The Kier molecular flexibility index (Phi) is 3.67. The average molecular weight is 264 g/mol. The zero-order valence-corrected chi connectivity index (χ0v) is 8.21. The maximum atomic E-state index is 13.0. The van der Waals surface area contributed by atoms with Crippen LogP contribution in [0.2, 0.25) is 0 Å². The summed E-state index contributed by atoms with van der Waals surface area (Å²) in [5.41, 5.74) is -3.71. The Morgan fingerprint density at radius 3 is 2.25 bits per heavy atom. The second kappa shape index (κ2) is 4.48. The summed E-state index contributed by atoms with van der Waals surface area (Å²) in [5.74, 6) is -2.60. The molecule has 0 N–H and O–H groups in total. The van der Waals surface area contributed by atoms with Crippen molar-refractivity contribution in [2.24, 2.45) is 0 Å². The number of rotatable bonds is 2. The third-order valence-electron chi connectivity index (χ3n) is 1.70. The molecule has 0 aliphatic rings. The van der Waals surface area contributed by atoms with Crippen LogP contribution in [0.15, 0.2) is 6.07 Å². The number of halogens is 7. The van der Waals surface area contributed by atoms with Crippen LogP contribution in [-0.2, 0) is 12.1 Å². The Morgan fingerprint density at radius 1 is 1.31 bits per heavy atom. The molecular weight excluding hydrogens is 260 g/mol. The van der Waals surface area contributed by atoms with E-state index < -0.39 is 41.3 Å². The van der Waals surface area contributed by atoms with Crippen molar-refractivity contribution in [3.8, 4) is 0 Å². The van der Waals surface area contributed by atoms with E-state index in [9.17, 15) is 26.3 Å². The molecule has 1 aromatic rings. The van der Waals surface area contributed by atoms with Crippen LogP contribution in [-0.4, -0.2) is 4.98 Å². The van der Waals surface area contributed by atoms with Crippen LogP contribution >= 0.6 is 11.6 Å². The van der Waals surface area contributed by atoms with Crippen LogP contribution in [0.5, 0.6) is 0 Å². The lowest BCUT2D eigenvalue weighted by Gasteiger charge is -2.12. The monoisotopic (exact) mass is 263 g/mol. The molecule has 0 bridgehead atoms. The predicted octanol–water partition coefficient (Wildman–Crippen LogP) is 3.92. The van der Waals surface area contributed by atoms with Gasteiger partial charge in [0, 0.05) is 6.07 Å². The first-order valence-electron chi connectivity index (χ1n) is 3.88. The molecule has 0 amide bonds. The highest BCUT2D eigenvalue weighted by atomic mass is 35.5. The standard InChI is InChI=1S/C8H4ClF6N/c9-2-5-6(8(13,14)15)3(10)1-4(16-5)7(11)12/h1,7H,2H2. The van der Waals surface area contributed by atoms with Crippen molar-refractivity contribution in [1.82, 2.24) is 4.98 Å². The van der Waals surface area contributed by atoms with Crippen molar-refractivity contribution in [3.63, 3.8) is 0 Å². The summed E-state index contributed by atoms with van der Waals surface area (Å²) in [4.78, 5) is 2.98. The summed E-state index contributed by atoms with van der Waals surface area (Å²) in [7, 11) is 0. The molecule has 1 aromatic heterocycles. The van der Waals surface area contributed by atoms with Crippen LogP contribution in [0.25, 0.3) is 0 Å². The maximum absolute atomic E-state index is 13.0. The molecule has 0 radical (unpaired) electrons. The van der Waals surface area contributed by atoms with E-state index in [1.54, 1.807) is 0 Å². The van der Waals surface area contributed by atoms with Crippen LogP contribution in [0.1, 0.15) is 23.4 Å². The van der Waals surface area contributed by atoms with E-state index in [1.165, 1.54) is 0 Å². The third kappa shape index (κ3) is 2.58. The fraction of sp³-hybridized carbons (Fsp3) is 0.375. The van der Waals surface area contributed by atoms with Crippen molar-refractivity contribution < 1.29 is 26.3 Å². The highest BCUT2D eigenvalue weighted by Gasteiger charge is 2.38. The molecule has 1 heterocycles. The van der Waals surface area contributed by atoms with E-state index in [2.05, 4.69) is 4.98 Å². The minimum Gasteiger partial charge on any atom is -0.250 e. The molecule has 0 aromatic carbocycles. The molecule has 0 saturated carbocycles. The summed E-state index contributed by atoms with van der Waals surface area (Å²) < 4.78 is 74.2. The Hall–Kier alpha value is -0.980. The summed E-state index contributed by atoms with van der Waals surface area (Å²) >= 11 is 5.11. The fourth-order valence-corrected chi connectivity index (χ4v) is 1.28. The van der Waals surface area contributed by atoms with E-state index in [0.717, 1.165) is 0 Å². The predicted molar refractivity (Wildman–Crippen MR) is 43.7 cm³/mol. The largest absolute Gasteiger partial charge is 0.421 e. The van der Waals surface area contributed by atoms with E-state index in [1.807, 2.05) is 0 Å². The van der Waals surface area contributed by atoms with Crippen molar-refractivity contribution in [1.29, 1.82) is 0 Å². The molecule has 0 spiro atoms. The summed E-state index contributed by atoms with van der Waals surface area (Å²) in [6.07, 6.45) is -8.17. The molecule has 0 aliphatic carbocycles. The molecule has 0 aliphatic heterocycles. The molecule has 90 valence electrons. The molecular formula is C8H4ClF6N. The first-order chi connectivity index (χ1) is 7.27. The Morgan fingerprint density at radius 2 is 1.88 bits per heavy atom. The van der Waals surface area contributed by atoms with Gasteiger partial charge in [0.15, 0.2) is 0 Å². The third-order valence-corrected chi connectivity index (χ3v) is 1.95. The number of hydrogen-bond donors (Lipinski definition) is 0. The Balaban J connectivity index is 3.41. The van der Waals surface area contributed by atoms with Gasteiger partial charge in [-0.3, -0.25) is 0 Å². The molecule has 0 saturated heterocycles. The van der Waals surface area contributed by atoms with Crippen molar-refractivity contribution in [3.05, 3.63) is 28.8 Å². The molecule has 0 atom stereocenters. The van der Waals surface area contributed by atoms with Gasteiger partial charge in [0.2, 0.25) is 0 Å². The van der Waals surface area contributed by atoms with Crippen LogP contribution in [0.4, 0.5) is 26.3 Å². The minimum atomic E-state index is -5.01. The fourth-order valence-electron chi connectivity index (χ4n) is 1.09. The first-order valence-corrected chi connectivity index (χ1v) is 4.41. The van der Waals surface area contributed by atoms with Gasteiger partial charge in [-0.2, -0.15) is 13.2 Å². The van der Waals surface area contributed by atoms with Crippen molar-refractivity contribution >= 4 is 11.6 Å². The van der Waals surface area contributed by atoms with E-state index in [4.69, 9.17) is 11.6 Å². The lowest BCUT2D eigenvalue weighted by atomic mass is 10.1. The van der Waals surface area contributed by atoms with Gasteiger partial charge in [-0.25, -0.2) is 18.2 Å². The number of hydrogen-bond acceptors (Lipinski definition) is 1. The molecule has 0 unspecified atom stereocenters. The van der Waals surface area contributed by atoms with Gasteiger partial charge in [0.25, 0.3) is 6.43 Å². The SMILES string of the molecule is Fc1cc(C(F)F)nc(CCl)c1C(F)(F)F. The first kappa shape index (κ1) is 13.1. The minimum absolute atomic E-state index is 0.0591. The molecule has 1 nitrogen and oxygen atoms in total. The molecule has 1 rings (SSSR count). The van der Waals surface area contributed by atoms with Crippen molar-refractivity contribution in [2.75, 3.05) is 0 Å². The van der Waals surface area contributed by atoms with Crippen molar-refractivity contribution in [2.45, 2.75) is 18.5 Å². The normalized spacial score (nSPS) is 12.2. The number of nitrogens with zero attached hydrogens (tertiary/aromatic N) is 1. The van der Waals surface area contributed by atoms with E-state index in [0.29, 0.717) is 0 Å². The zero-order chi connectivity index (χ0) is 12.5. The lowest BCUT2D eigenvalue weighted by Crippen LogP contribution is -2.14. The van der Waals surface area contributed by atoms with Gasteiger partial charge < -0.3 is 0 Å². The summed E-state index contributed by atoms with van der Waals surface area (Å²) in [6, 6.07) is 0.0591. The van der Waals surface area contributed by atoms with Gasteiger partial charge in [-0.15, -0.1) is 11.6 Å². The zero-order valence-electron chi connectivity index (χ0n) is 7.45. The average Bonchev–Trinajstić information content (AvgIpc) is 2.14. The van der Waals surface area contributed by atoms with Gasteiger partial charge in [0.1, 0.15) is 17.1 Å². The smallest absolute Gasteiger partial charge is 0.250 e. The summed E-state index contributed by atoms with van der Waals surface area (Å²) in [6.45, 7) is 0. The van der Waals surface area contributed by atoms with Gasteiger partial charge in [-0.05, 0) is 0 Å². The van der Waals surface area contributed by atoms with Gasteiger partial charge in [0.05, 0.1) is 11.6 Å². The number of aromatic nitrogens is 1. The second-order valence-electron chi connectivity index (χ2n) is 2.78. The van der Waals surface area contributed by atoms with Crippen LogP contribution in [0.3, 0.4) is 0 Å². The van der Waals surface area contributed by atoms with Gasteiger partial charge >= 0.3 is 6.18 Å².